The van der Waals surface area contributed by atoms with Crippen LogP contribution in [-0.2, 0) is 12.7 Å². The number of aromatic nitrogens is 4. The highest BCUT2D eigenvalue weighted by Crippen LogP contribution is 2.33. The van der Waals surface area contributed by atoms with Gasteiger partial charge in [-0.25, -0.2) is 9.07 Å². The number of pyridine rings is 1. The Bertz CT molecular complexity index is 794. The van der Waals surface area contributed by atoms with Crippen LogP contribution in [0.5, 0.6) is 0 Å². The van der Waals surface area contributed by atoms with Gasteiger partial charge in [-0.2, -0.15) is 13.2 Å². The minimum absolute atomic E-state index is 0.0764. The molecular weight excluding hydrogens is 288 g/mol. The van der Waals surface area contributed by atoms with Gasteiger partial charge in [-0.3, -0.25) is 4.98 Å². The van der Waals surface area contributed by atoms with E-state index in [0.717, 1.165) is 12.1 Å². The van der Waals surface area contributed by atoms with Crippen LogP contribution in [0.3, 0.4) is 0 Å². The number of alkyl halides is 3. The predicted molar refractivity (Wildman–Crippen MR) is 65.8 cm³/mol. The molecule has 1 aromatic carbocycles. The zero-order valence-corrected chi connectivity index (χ0v) is 10.5. The zero-order chi connectivity index (χ0) is 15.0. The third-order valence-electron chi connectivity index (χ3n) is 3.01. The van der Waals surface area contributed by atoms with Crippen LogP contribution >= 0.6 is 0 Å². The molecule has 0 atom stereocenters. The summed E-state index contributed by atoms with van der Waals surface area (Å²) in [6, 6.07) is 4.18. The second kappa shape index (κ2) is 4.80. The van der Waals surface area contributed by atoms with Crippen LogP contribution < -0.4 is 0 Å². The molecule has 3 aromatic rings. The van der Waals surface area contributed by atoms with E-state index in [1.165, 1.54) is 17.1 Å². The molecular formula is C13H8F4N4. The molecule has 8 heteroatoms. The molecule has 0 amide bonds. The van der Waals surface area contributed by atoms with Crippen molar-refractivity contribution in [2.24, 2.45) is 0 Å². The van der Waals surface area contributed by atoms with Gasteiger partial charge in [0, 0.05) is 6.20 Å². The Balaban J connectivity index is 2.06. The molecule has 0 N–H and O–H groups in total. The standard InChI is InChI=1S/C13H8F4N4/c14-9-2-1-8(10(5-9)13(15,16)17)7-21-12-3-4-18-6-11(12)19-20-21/h1-6H,7H2. The molecule has 21 heavy (non-hydrogen) atoms. The normalized spacial score (nSPS) is 12.0. The smallest absolute Gasteiger partial charge is 0.262 e. The van der Waals surface area contributed by atoms with E-state index in [0.29, 0.717) is 17.1 Å². The van der Waals surface area contributed by atoms with Gasteiger partial charge in [0.1, 0.15) is 11.3 Å². The number of benzene rings is 1. The van der Waals surface area contributed by atoms with Gasteiger partial charge in [-0.1, -0.05) is 11.3 Å². The van der Waals surface area contributed by atoms with E-state index in [1.54, 1.807) is 6.07 Å². The first-order valence-electron chi connectivity index (χ1n) is 5.94. The first kappa shape index (κ1) is 13.5. The van der Waals surface area contributed by atoms with Crippen LogP contribution in [-0.4, -0.2) is 20.0 Å². The van der Waals surface area contributed by atoms with Crippen LogP contribution in [0.25, 0.3) is 11.0 Å². The summed E-state index contributed by atoms with van der Waals surface area (Å²) in [6.07, 6.45) is -1.67. The fourth-order valence-electron chi connectivity index (χ4n) is 2.05. The monoisotopic (exact) mass is 296 g/mol. The first-order chi connectivity index (χ1) is 9.95. The number of fused-ring (bicyclic) bond motifs is 1. The molecule has 0 spiro atoms. The summed E-state index contributed by atoms with van der Waals surface area (Å²) in [6.45, 7) is -0.157. The Hall–Kier alpha value is -2.51. The average Bonchev–Trinajstić information content (AvgIpc) is 2.83. The lowest BCUT2D eigenvalue weighted by Gasteiger charge is -2.13. The Morgan fingerprint density at radius 1 is 1.14 bits per heavy atom. The molecule has 0 saturated heterocycles. The predicted octanol–water partition coefficient (Wildman–Crippen LogP) is 3.03. The molecule has 0 bridgehead atoms. The van der Waals surface area contributed by atoms with Gasteiger partial charge >= 0.3 is 6.18 Å². The van der Waals surface area contributed by atoms with Crippen molar-refractivity contribution in [2.45, 2.75) is 12.7 Å². The maximum absolute atomic E-state index is 13.1. The molecule has 0 unspecified atom stereocenters. The van der Waals surface area contributed by atoms with Crippen molar-refractivity contribution < 1.29 is 17.6 Å². The lowest BCUT2D eigenvalue weighted by Crippen LogP contribution is -2.13. The third-order valence-corrected chi connectivity index (χ3v) is 3.01. The minimum Gasteiger partial charge on any atom is -0.262 e. The van der Waals surface area contributed by atoms with Crippen LogP contribution in [0.1, 0.15) is 11.1 Å². The summed E-state index contributed by atoms with van der Waals surface area (Å²) in [5.74, 6) is -0.932. The lowest BCUT2D eigenvalue weighted by molar-refractivity contribution is -0.138. The number of halogens is 4. The van der Waals surface area contributed by atoms with Crippen molar-refractivity contribution in [3.05, 3.63) is 53.6 Å². The van der Waals surface area contributed by atoms with Gasteiger partial charge in [-0.15, -0.1) is 5.10 Å². The maximum Gasteiger partial charge on any atom is 0.416 e. The minimum atomic E-state index is -4.63. The second-order valence-corrected chi connectivity index (χ2v) is 4.41. The Labute approximate surface area is 116 Å². The van der Waals surface area contributed by atoms with Crippen molar-refractivity contribution in [2.75, 3.05) is 0 Å². The summed E-state index contributed by atoms with van der Waals surface area (Å²) in [5, 5.41) is 7.62. The van der Waals surface area contributed by atoms with Gasteiger partial charge < -0.3 is 0 Å². The Morgan fingerprint density at radius 2 is 1.95 bits per heavy atom. The van der Waals surface area contributed by atoms with Crippen molar-refractivity contribution in [1.29, 1.82) is 0 Å². The van der Waals surface area contributed by atoms with Crippen molar-refractivity contribution in [3.8, 4) is 0 Å². The van der Waals surface area contributed by atoms with E-state index in [2.05, 4.69) is 15.3 Å². The molecule has 108 valence electrons. The highest BCUT2D eigenvalue weighted by molar-refractivity contribution is 5.72. The summed E-state index contributed by atoms with van der Waals surface area (Å²) in [7, 11) is 0. The van der Waals surface area contributed by atoms with E-state index >= 15 is 0 Å². The van der Waals surface area contributed by atoms with E-state index in [1.807, 2.05) is 0 Å². The first-order valence-corrected chi connectivity index (χ1v) is 5.94. The number of nitrogens with zero attached hydrogens (tertiary/aromatic N) is 4. The largest absolute Gasteiger partial charge is 0.416 e. The number of hydrogen-bond donors (Lipinski definition) is 0. The maximum atomic E-state index is 13.1. The van der Waals surface area contributed by atoms with Gasteiger partial charge in [-0.05, 0) is 23.8 Å². The molecule has 2 aromatic heterocycles. The van der Waals surface area contributed by atoms with Crippen molar-refractivity contribution >= 4 is 11.0 Å². The van der Waals surface area contributed by atoms with Gasteiger partial charge in [0.15, 0.2) is 0 Å². The molecule has 0 fully saturated rings. The molecule has 0 saturated carbocycles. The van der Waals surface area contributed by atoms with E-state index in [-0.39, 0.29) is 12.1 Å². The van der Waals surface area contributed by atoms with Gasteiger partial charge in [0.25, 0.3) is 0 Å². The Kier molecular flexibility index (Phi) is 3.08. The van der Waals surface area contributed by atoms with E-state index in [9.17, 15) is 17.6 Å². The quantitative estimate of drug-likeness (QED) is 0.683. The second-order valence-electron chi connectivity index (χ2n) is 4.41. The zero-order valence-electron chi connectivity index (χ0n) is 10.5. The topological polar surface area (TPSA) is 43.6 Å². The fourth-order valence-corrected chi connectivity index (χ4v) is 2.05. The molecule has 0 aliphatic carbocycles. The van der Waals surface area contributed by atoms with E-state index in [4.69, 9.17) is 0 Å². The third kappa shape index (κ3) is 2.56. The van der Waals surface area contributed by atoms with E-state index < -0.39 is 17.6 Å². The highest BCUT2D eigenvalue weighted by atomic mass is 19.4. The van der Waals surface area contributed by atoms with Crippen LogP contribution in [0.15, 0.2) is 36.7 Å². The summed E-state index contributed by atoms with van der Waals surface area (Å²) >= 11 is 0. The summed E-state index contributed by atoms with van der Waals surface area (Å²) in [4.78, 5) is 3.86. The number of rotatable bonds is 2. The van der Waals surface area contributed by atoms with Gasteiger partial charge in [0.2, 0.25) is 0 Å². The van der Waals surface area contributed by atoms with Crippen LogP contribution in [0.4, 0.5) is 17.6 Å². The average molecular weight is 296 g/mol. The molecule has 4 nitrogen and oxygen atoms in total. The highest BCUT2D eigenvalue weighted by Gasteiger charge is 2.33. The fraction of sp³-hybridized carbons (Fsp3) is 0.154. The molecule has 0 aliphatic rings. The molecule has 0 aliphatic heterocycles. The molecule has 2 heterocycles. The molecule has 3 rings (SSSR count). The van der Waals surface area contributed by atoms with Crippen molar-refractivity contribution in [1.82, 2.24) is 20.0 Å². The summed E-state index contributed by atoms with van der Waals surface area (Å²) in [5.41, 5.74) is -0.0525. The van der Waals surface area contributed by atoms with Gasteiger partial charge in [0.05, 0.1) is 23.8 Å². The SMILES string of the molecule is Fc1ccc(Cn2nnc3cnccc32)c(C(F)(F)F)c1. The van der Waals surface area contributed by atoms with Crippen LogP contribution in [0.2, 0.25) is 0 Å². The van der Waals surface area contributed by atoms with Crippen LogP contribution in [0, 0.1) is 5.82 Å². The lowest BCUT2D eigenvalue weighted by atomic mass is 10.1. The van der Waals surface area contributed by atoms with Crippen molar-refractivity contribution in [3.63, 3.8) is 0 Å². The molecule has 0 radical (unpaired) electrons. The number of hydrogen-bond acceptors (Lipinski definition) is 3. The summed E-state index contributed by atoms with van der Waals surface area (Å²) < 4.78 is 53.2. The Morgan fingerprint density at radius 3 is 2.71 bits per heavy atom.